The molecular formula is C20H26O4S. The third-order valence-electron chi connectivity index (χ3n) is 5.92. The van der Waals surface area contributed by atoms with E-state index in [1.54, 1.807) is 0 Å². The molecule has 0 saturated heterocycles. The third kappa shape index (κ3) is 3.77. The van der Waals surface area contributed by atoms with Crippen LogP contribution in [0.1, 0.15) is 56.4 Å². The fraction of sp³-hybridized carbons (Fsp3) is 0.600. The van der Waals surface area contributed by atoms with Gasteiger partial charge >= 0.3 is 0 Å². The summed E-state index contributed by atoms with van der Waals surface area (Å²) in [5.41, 5.74) is 2.91. The van der Waals surface area contributed by atoms with E-state index in [9.17, 15) is 4.21 Å². The average molecular weight is 362 g/mol. The Balaban J connectivity index is 1.41. The minimum absolute atomic E-state index is 0.00170. The van der Waals surface area contributed by atoms with E-state index in [1.807, 2.05) is 18.2 Å². The molecule has 4 nitrogen and oxygen atoms in total. The van der Waals surface area contributed by atoms with Gasteiger partial charge in [0.15, 0.2) is 11.1 Å². The minimum Gasteiger partial charge on any atom is -0.492 e. The van der Waals surface area contributed by atoms with E-state index < -0.39 is 11.1 Å². The molecule has 1 heterocycles. The topological polar surface area (TPSA) is 55.8 Å². The van der Waals surface area contributed by atoms with Gasteiger partial charge < -0.3 is 14.0 Å². The molecule has 1 spiro atoms. The molecule has 3 aliphatic rings. The average Bonchev–Trinajstić information content (AvgIpc) is 3.20. The van der Waals surface area contributed by atoms with Gasteiger partial charge in [-0.2, -0.15) is 0 Å². The molecule has 2 unspecified atom stereocenters. The van der Waals surface area contributed by atoms with Crippen molar-refractivity contribution in [3.63, 3.8) is 0 Å². The van der Waals surface area contributed by atoms with E-state index in [0.717, 1.165) is 23.5 Å². The molecule has 4 rings (SSSR count). The molecule has 1 saturated carbocycles. The maximum absolute atomic E-state index is 11.0. The molecule has 1 aromatic carbocycles. The zero-order valence-electron chi connectivity index (χ0n) is 14.5. The van der Waals surface area contributed by atoms with Crippen LogP contribution in [-0.2, 0) is 11.1 Å². The highest BCUT2D eigenvalue weighted by atomic mass is 32.2. The summed E-state index contributed by atoms with van der Waals surface area (Å²) in [5, 5.41) is 0. The molecule has 2 aliphatic carbocycles. The van der Waals surface area contributed by atoms with Crippen molar-refractivity contribution in [2.24, 2.45) is 5.41 Å². The van der Waals surface area contributed by atoms with Crippen LogP contribution < -0.4 is 9.47 Å². The lowest BCUT2D eigenvalue weighted by molar-refractivity contribution is 0.298. The Morgan fingerprint density at radius 2 is 2.04 bits per heavy atom. The molecular weight excluding hydrogens is 336 g/mol. The predicted molar refractivity (Wildman–Crippen MR) is 98.6 cm³/mol. The van der Waals surface area contributed by atoms with Gasteiger partial charge in [0.1, 0.15) is 18.1 Å². The molecule has 5 heteroatoms. The summed E-state index contributed by atoms with van der Waals surface area (Å²) in [4.78, 5) is 0. The fourth-order valence-corrected chi connectivity index (χ4v) is 5.29. The van der Waals surface area contributed by atoms with E-state index >= 15 is 0 Å². The first-order valence-corrected chi connectivity index (χ1v) is 10.6. The number of benzene rings is 1. The van der Waals surface area contributed by atoms with Crippen molar-refractivity contribution in [3.05, 3.63) is 35.4 Å². The Kier molecular flexibility index (Phi) is 4.87. The van der Waals surface area contributed by atoms with Gasteiger partial charge in [-0.3, -0.25) is 0 Å². The van der Waals surface area contributed by atoms with Crippen LogP contribution in [0.15, 0.2) is 29.8 Å². The first kappa shape index (κ1) is 17.1. The van der Waals surface area contributed by atoms with E-state index in [1.165, 1.54) is 44.1 Å². The Hall–Kier alpha value is -1.33. The second kappa shape index (κ2) is 7.12. The van der Waals surface area contributed by atoms with Gasteiger partial charge in [0.05, 0.1) is 12.4 Å². The molecule has 1 aliphatic heterocycles. The molecule has 0 amide bonds. The maximum atomic E-state index is 11.0. The predicted octanol–water partition coefficient (Wildman–Crippen LogP) is 4.43. The summed E-state index contributed by atoms with van der Waals surface area (Å²) < 4.78 is 31.8. The van der Waals surface area contributed by atoms with E-state index in [2.05, 4.69) is 6.08 Å². The van der Waals surface area contributed by atoms with Gasteiger partial charge in [0.2, 0.25) is 0 Å². The summed E-state index contributed by atoms with van der Waals surface area (Å²) in [6.07, 6.45) is 11.7. The molecule has 0 bridgehead atoms. The molecule has 1 N–H and O–H groups in total. The van der Waals surface area contributed by atoms with Crippen molar-refractivity contribution in [1.82, 2.24) is 0 Å². The molecule has 1 fully saturated rings. The number of ether oxygens (including phenoxy) is 2. The fourth-order valence-electron chi connectivity index (χ4n) is 4.67. The Labute approximate surface area is 151 Å². The third-order valence-corrected chi connectivity index (χ3v) is 6.60. The van der Waals surface area contributed by atoms with Crippen molar-refractivity contribution in [2.45, 2.75) is 50.9 Å². The van der Waals surface area contributed by atoms with Gasteiger partial charge in [-0.05, 0) is 49.2 Å². The van der Waals surface area contributed by atoms with E-state index in [0.29, 0.717) is 18.6 Å². The van der Waals surface area contributed by atoms with Crippen LogP contribution in [0.2, 0.25) is 0 Å². The zero-order chi connectivity index (χ0) is 17.3. The van der Waals surface area contributed by atoms with Crippen molar-refractivity contribution in [1.29, 1.82) is 0 Å². The molecule has 25 heavy (non-hydrogen) atoms. The number of rotatable bonds is 5. The molecule has 0 radical (unpaired) electrons. The summed E-state index contributed by atoms with van der Waals surface area (Å²) in [7, 11) is 0. The number of allylic oxidation sites excluding steroid dienone is 1. The summed E-state index contributed by atoms with van der Waals surface area (Å²) in [6, 6.07) is 5.85. The van der Waals surface area contributed by atoms with Crippen molar-refractivity contribution >= 4 is 11.1 Å². The number of hydrogen-bond acceptors (Lipinski definition) is 3. The molecule has 136 valence electrons. The number of hydrogen-bond donors (Lipinski definition) is 1. The van der Waals surface area contributed by atoms with Gasteiger partial charge in [-0.25, -0.2) is 4.21 Å². The Bertz CT molecular complexity index is 691. The summed E-state index contributed by atoms with van der Waals surface area (Å²) in [6.45, 7) is 1.13. The number of fused-ring (bicyclic) bond motifs is 1. The van der Waals surface area contributed by atoms with Crippen molar-refractivity contribution in [2.75, 3.05) is 19.0 Å². The van der Waals surface area contributed by atoms with Crippen LogP contribution in [0.4, 0.5) is 0 Å². The lowest BCUT2D eigenvalue weighted by atomic mass is 9.75. The molecule has 2 atom stereocenters. The highest BCUT2D eigenvalue weighted by molar-refractivity contribution is 7.79. The van der Waals surface area contributed by atoms with Crippen LogP contribution in [0, 0.1) is 5.41 Å². The van der Waals surface area contributed by atoms with Crippen LogP contribution in [0.25, 0.3) is 0 Å². The highest BCUT2D eigenvalue weighted by Crippen LogP contribution is 2.47. The second-order valence-electron chi connectivity index (χ2n) is 7.71. The van der Waals surface area contributed by atoms with Gasteiger partial charge in [0, 0.05) is 17.5 Å². The standard InChI is InChI=1S/C20H26O4S/c21-25(22)14-16-13-24-19-10-17(5-6-18(16)19)23-12-15-4-3-9-20(11-15)7-1-2-8-20/h5-6,10-11,16H,1-4,7-9,12-14H2,(H,21,22). The Morgan fingerprint density at radius 1 is 1.24 bits per heavy atom. The second-order valence-corrected chi connectivity index (χ2v) is 8.69. The lowest BCUT2D eigenvalue weighted by Gasteiger charge is -2.31. The molecule has 1 aromatic rings. The van der Waals surface area contributed by atoms with E-state index in [4.69, 9.17) is 14.0 Å². The Morgan fingerprint density at radius 3 is 2.84 bits per heavy atom. The maximum Gasteiger partial charge on any atom is 0.153 e. The summed E-state index contributed by atoms with van der Waals surface area (Å²) >= 11 is -1.80. The smallest absolute Gasteiger partial charge is 0.153 e. The SMILES string of the molecule is O=S(O)CC1COc2cc(OCC3=CC4(CCCC4)CCC3)ccc21. The van der Waals surface area contributed by atoms with Crippen molar-refractivity contribution < 1.29 is 18.2 Å². The van der Waals surface area contributed by atoms with Gasteiger partial charge in [-0.15, -0.1) is 0 Å². The monoisotopic (exact) mass is 362 g/mol. The van der Waals surface area contributed by atoms with Gasteiger partial charge in [0.25, 0.3) is 0 Å². The van der Waals surface area contributed by atoms with Gasteiger partial charge in [-0.1, -0.05) is 25.0 Å². The van der Waals surface area contributed by atoms with Crippen LogP contribution in [-0.4, -0.2) is 27.7 Å². The first-order chi connectivity index (χ1) is 12.1. The van der Waals surface area contributed by atoms with Crippen molar-refractivity contribution in [3.8, 4) is 11.5 Å². The zero-order valence-corrected chi connectivity index (χ0v) is 15.4. The highest BCUT2D eigenvalue weighted by Gasteiger charge is 2.33. The van der Waals surface area contributed by atoms with Crippen LogP contribution in [0.5, 0.6) is 11.5 Å². The quantitative estimate of drug-likeness (QED) is 0.622. The normalized spacial score (nSPS) is 25.3. The van der Waals surface area contributed by atoms with E-state index in [-0.39, 0.29) is 11.7 Å². The first-order valence-electron chi connectivity index (χ1n) is 9.31. The molecule has 0 aromatic heterocycles. The summed E-state index contributed by atoms with van der Waals surface area (Å²) in [5.74, 6) is 1.83. The largest absolute Gasteiger partial charge is 0.492 e. The minimum atomic E-state index is -1.80. The van der Waals surface area contributed by atoms with Crippen LogP contribution >= 0.6 is 0 Å². The lowest BCUT2D eigenvalue weighted by Crippen LogP contribution is -2.19. The van der Waals surface area contributed by atoms with Crippen LogP contribution in [0.3, 0.4) is 0 Å².